The summed E-state index contributed by atoms with van der Waals surface area (Å²) in [7, 11) is 0. The van der Waals surface area contributed by atoms with E-state index in [-0.39, 0.29) is 5.88 Å². The van der Waals surface area contributed by atoms with Crippen LogP contribution in [-0.2, 0) is 6.54 Å². The van der Waals surface area contributed by atoms with Crippen molar-refractivity contribution in [3.05, 3.63) is 11.0 Å². The summed E-state index contributed by atoms with van der Waals surface area (Å²) in [6.07, 6.45) is 1.48. The van der Waals surface area contributed by atoms with Gasteiger partial charge in [0.15, 0.2) is 4.77 Å². The Kier molecular flexibility index (Phi) is 1.57. The first kappa shape index (κ1) is 6.35. The Hall–Kier alpha value is -0.770. The Labute approximate surface area is 58.0 Å². The van der Waals surface area contributed by atoms with E-state index in [9.17, 15) is 0 Å². The molecule has 50 valence electrons. The minimum absolute atomic E-state index is 0.197. The van der Waals surface area contributed by atoms with Crippen LogP contribution in [0.1, 0.15) is 6.92 Å². The number of aromatic nitrogens is 2. The van der Waals surface area contributed by atoms with E-state index in [1.807, 2.05) is 6.92 Å². The molecule has 0 fully saturated rings. The van der Waals surface area contributed by atoms with Crippen molar-refractivity contribution >= 4 is 12.2 Å². The van der Waals surface area contributed by atoms with Gasteiger partial charge in [0.1, 0.15) is 0 Å². The van der Waals surface area contributed by atoms with Gasteiger partial charge in [-0.15, -0.1) is 0 Å². The van der Waals surface area contributed by atoms with E-state index in [0.717, 1.165) is 0 Å². The van der Waals surface area contributed by atoms with Gasteiger partial charge in [0.05, 0.1) is 6.20 Å². The highest BCUT2D eigenvalue weighted by atomic mass is 32.1. The molecule has 0 bridgehead atoms. The van der Waals surface area contributed by atoms with Gasteiger partial charge in [-0.1, -0.05) is 0 Å². The number of aromatic amines is 1. The van der Waals surface area contributed by atoms with Gasteiger partial charge in [0.25, 0.3) is 0 Å². The van der Waals surface area contributed by atoms with Crippen LogP contribution in [0.2, 0.25) is 0 Å². The SMILES string of the molecule is CCn1c(O)c[nH]c1=S. The van der Waals surface area contributed by atoms with E-state index in [4.69, 9.17) is 17.3 Å². The fourth-order valence-corrected chi connectivity index (χ4v) is 0.973. The zero-order valence-corrected chi connectivity index (χ0v) is 5.90. The molecule has 0 radical (unpaired) electrons. The molecular weight excluding hydrogens is 136 g/mol. The Morgan fingerprint density at radius 1 is 1.89 bits per heavy atom. The lowest BCUT2D eigenvalue weighted by molar-refractivity contribution is 0.420. The summed E-state index contributed by atoms with van der Waals surface area (Å²) < 4.78 is 2.17. The van der Waals surface area contributed by atoms with E-state index >= 15 is 0 Å². The lowest BCUT2D eigenvalue weighted by atomic mass is 10.7. The molecule has 0 amide bonds. The Morgan fingerprint density at radius 2 is 2.56 bits per heavy atom. The molecule has 0 aliphatic rings. The summed E-state index contributed by atoms with van der Waals surface area (Å²) in [5.74, 6) is 0.197. The zero-order chi connectivity index (χ0) is 6.85. The molecule has 1 aromatic heterocycles. The summed E-state index contributed by atoms with van der Waals surface area (Å²) >= 11 is 4.82. The molecule has 9 heavy (non-hydrogen) atoms. The van der Waals surface area contributed by atoms with Crippen molar-refractivity contribution in [2.75, 3.05) is 0 Å². The molecule has 1 heterocycles. The van der Waals surface area contributed by atoms with Gasteiger partial charge in [-0.05, 0) is 19.1 Å². The Bertz CT molecular complexity index is 250. The quantitative estimate of drug-likeness (QED) is 0.583. The summed E-state index contributed by atoms with van der Waals surface area (Å²) in [6.45, 7) is 2.62. The lowest BCUT2D eigenvalue weighted by Gasteiger charge is -1.94. The van der Waals surface area contributed by atoms with Crippen molar-refractivity contribution in [2.45, 2.75) is 13.5 Å². The second-order valence-electron chi connectivity index (χ2n) is 1.70. The molecule has 1 aromatic rings. The average molecular weight is 144 g/mol. The molecular formula is C5H8N2OS. The molecule has 0 aliphatic heterocycles. The predicted molar refractivity (Wildman–Crippen MR) is 37.0 cm³/mol. The second-order valence-corrected chi connectivity index (χ2v) is 2.08. The number of hydrogen-bond donors (Lipinski definition) is 2. The third kappa shape index (κ3) is 0.977. The van der Waals surface area contributed by atoms with Gasteiger partial charge in [0.2, 0.25) is 5.88 Å². The first-order valence-corrected chi connectivity index (χ1v) is 3.13. The zero-order valence-electron chi connectivity index (χ0n) is 5.09. The van der Waals surface area contributed by atoms with Crippen LogP contribution in [0.5, 0.6) is 5.88 Å². The van der Waals surface area contributed by atoms with E-state index in [0.29, 0.717) is 11.3 Å². The molecule has 0 aromatic carbocycles. The van der Waals surface area contributed by atoms with Crippen LogP contribution in [-0.4, -0.2) is 14.7 Å². The molecule has 3 nitrogen and oxygen atoms in total. The molecule has 0 atom stereocenters. The first-order valence-electron chi connectivity index (χ1n) is 2.73. The van der Waals surface area contributed by atoms with Crippen molar-refractivity contribution in [1.82, 2.24) is 9.55 Å². The molecule has 4 heteroatoms. The van der Waals surface area contributed by atoms with Crippen molar-refractivity contribution in [3.63, 3.8) is 0 Å². The highest BCUT2D eigenvalue weighted by Gasteiger charge is 1.95. The minimum atomic E-state index is 0.197. The number of rotatable bonds is 1. The molecule has 0 unspecified atom stereocenters. The number of H-pyrrole nitrogens is 1. The summed E-state index contributed by atoms with van der Waals surface area (Å²) in [5, 5.41) is 9.00. The van der Waals surface area contributed by atoms with Gasteiger partial charge < -0.3 is 10.1 Å². The largest absolute Gasteiger partial charge is 0.493 e. The van der Waals surface area contributed by atoms with Crippen LogP contribution in [0.4, 0.5) is 0 Å². The number of aromatic hydroxyl groups is 1. The van der Waals surface area contributed by atoms with Crippen molar-refractivity contribution in [1.29, 1.82) is 0 Å². The van der Waals surface area contributed by atoms with Crippen LogP contribution in [0.25, 0.3) is 0 Å². The summed E-state index contributed by atoms with van der Waals surface area (Å²) in [5.41, 5.74) is 0. The van der Waals surface area contributed by atoms with Crippen LogP contribution < -0.4 is 0 Å². The van der Waals surface area contributed by atoms with Crippen LogP contribution in [0.15, 0.2) is 6.20 Å². The predicted octanol–water partition coefficient (Wildman–Crippen LogP) is 1.27. The van der Waals surface area contributed by atoms with Crippen LogP contribution in [0, 0.1) is 4.77 Å². The van der Waals surface area contributed by atoms with E-state index < -0.39 is 0 Å². The van der Waals surface area contributed by atoms with Crippen molar-refractivity contribution < 1.29 is 5.11 Å². The maximum absolute atomic E-state index is 9.00. The van der Waals surface area contributed by atoms with E-state index in [1.54, 1.807) is 4.57 Å². The van der Waals surface area contributed by atoms with Gasteiger partial charge in [0, 0.05) is 6.54 Å². The van der Waals surface area contributed by atoms with Gasteiger partial charge in [-0.25, -0.2) is 0 Å². The normalized spacial score (nSPS) is 9.89. The molecule has 0 aliphatic carbocycles. The molecule has 1 rings (SSSR count). The van der Waals surface area contributed by atoms with Gasteiger partial charge in [-0.2, -0.15) is 0 Å². The maximum Gasteiger partial charge on any atom is 0.209 e. The van der Waals surface area contributed by atoms with Crippen LogP contribution in [0.3, 0.4) is 0 Å². The van der Waals surface area contributed by atoms with Crippen molar-refractivity contribution in [2.24, 2.45) is 0 Å². The lowest BCUT2D eigenvalue weighted by Crippen LogP contribution is -1.91. The number of nitrogens with zero attached hydrogens (tertiary/aromatic N) is 1. The van der Waals surface area contributed by atoms with Crippen LogP contribution >= 0.6 is 12.2 Å². The molecule has 2 N–H and O–H groups in total. The molecule has 0 spiro atoms. The summed E-state index contributed by atoms with van der Waals surface area (Å²) in [6, 6.07) is 0. The fraction of sp³-hybridized carbons (Fsp3) is 0.400. The van der Waals surface area contributed by atoms with Gasteiger partial charge in [-0.3, -0.25) is 4.57 Å². The first-order chi connectivity index (χ1) is 4.25. The van der Waals surface area contributed by atoms with E-state index in [2.05, 4.69) is 4.98 Å². The second kappa shape index (κ2) is 2.23. The average Bonchev–Trinajstić information content (AvgIpc) is 2.12. The molecule has 0 saturated heterocycles. The molecule has 0 saturated carbocycles. The minimum Gasteiger partial charge on any atom is -0.493 e. The summed E-state index contributed by atoms with van der Waals surface area (Å²) in [4.78, 5) is 2.72. The Morgan fingerprint density at radius 3 is 2.78 bits per heavy atom. The van der Waals surface area contributed by atoms with Gasteiger partial charge >= 0.3 is 0 Å². The fourth-order valence-electron chi connectivity index (χ4n) is 0.692. The monoisotopic (exact) mass is 144 g/mol. The van der Waals surface area contributed by atoms with E-state index in [1.165, 1.54) is 6.20 Å². The highest BCUT2D eigenvalue weighted by molar-refractivity contribution is 7.71. The highest BCUT2D eigenvalue weighted by Crippen LogP contribution is 2.06. The standard InChI is InChI=1S/C5H8N2OS/c1-2-7-4(8)3-6-5(7)9/h3,8H,2H2,1H3,(H,6,9). The topological polar surface area (TPSA) is 41.0 Å². The third-order valence-electron chi connectivity index (χ3n) is 1.16. The number of imidazole rings is 1. The maximum atomic E-state index is 9.00. The van der Waals surface area contributed by atoms with Crippen molar-refractivity contribution in [3.8, 4) is 5.88 Å². The third-order valence-corrected chi connectivity index (χ3v) is 1.50. The number of nitrogens with one attached hydrogen (secondary N) is 1. The number of hydrogen-bond acceptors (Lipinski definition) is 2. The smallest absolute Gasteiger partial charge is 0.209 e. The Balaban J connectivity index is 3.23.